The fourth-order valence-corrected chi connectivity index (χ4v) is 3.19. The van der Waals surface area contributed by atoms with Crippen molar-refractivity contribution in [2.24, 2.45) is 0 Å². The zero-order valence-corrected chi connectivity index (χ0v) is 13.8. The molecule has 0 bridgehead atoms. The van der Waals surface area contributed by atoms with E-state index in [1.165, 1.54) is 52.9 Å². The Bertz CT molecular complexity index is 917. The van der Waals surface area contributed by atoms with E-state index < -0.39 is 6.36 Å². The third-order valence-corrected chi connectivity index (χ3v) is 4.43. The molecule has 0 saturated heterocycles. The average Bonchev–Trinajstić information content (AvgIpc) is 3.11. The Morgan fingerprint density at radius 3 is 2.38 bits per heavy atom. The predicted octanol–water partition coefficient (Wildman–Crippen LogP) is 4.71. The van der Waals surface area contributed by atoms with Crippen LogP contribution < -0.4 is 4.74 Å². The van der Waals surface area contributed by atoms with Gasteiger partial charge in [-0.1, -0.05) is 12.1 Å². The van der Waals surface area contributed by atoms with Gasteiger partial charge in [0.1, 0.15) is 12.1 Å². The molecule has 0 saturated carbocycles. The minimum atomic E-state index is -4.70. The van der Waals surface area contributed by atoms with Gasteiger partial charge in [0.05, 0.1) is 5.69 Å². The van der Waals surface area contributed by atoms with Crippen molar-refractivity contribution in [2.75, 3.05) is 0 Å². The summed E-state index contributed by atoms with van der Waals surface area (Å²) < 4.78 is 42.1. The molecule has 0 unspecified atom stereocenters. The number of ether oxygens (including phenoxy) is 1. The van der Waals surface area contributed by atoms with E-state index in [4.69, 9.17) is 0 Å². The molecule has 0 atom stereocenters. The van der Waals surface area contributed by atoms with E-state index in [2.05, 4.69) is 27.0 Å². The molecular formula is C19H16F3N3O. The largest absolute Gasteiger partial charge is 0.573 e. The Morgan fingerprint density at radius 1 is 0.923 bits per heavy atom. The first-order valence-corrected chi connectivity index (χ1v) is 8.38. The van der Waals surface area contributed by atoms with Crippen LogP contribution >= 0.6 is 0 Å². The van der Waals surface area contributed by atoms with Crippen LogP contribution in [0, 0.1) is 0 Å². The van der Waals surface area contributed by atoms with Gasteiger partial charge in [0, 0.05) is 5.56 Å². The van der Waals surface area contributed by atoms with Crippen LogP contribution in [0.4, 0.5) is 13.2 Å². The SMILES string of the molecule is FC(F)(F)Oc1ccc(-n2cnc(-c3ccc4c(c3)CCCC4)n2)cc1. The van der Waals surface area contributed by atoms with Crippen molar-refractivity contribution in [1.29, 1.82) is 0 Å². The monoisotopic (exact) mass is 359 g/mol. The highest BCUT2D eigenvalue weighted by atomic mass is 19.4. The van der Waals surface area contributed by atoms with Crippen LogP contribution in [-0.2, 0) is 12.8 Å². The van der Waals surface area contributed by atoms with Gasteiger partial charge in [0.25, 0.3) is 0 Å². The summed E-state index contributed by atoms with van der Waals surface area (Å²) in [5, 5.41) is 4.45. The molecule has 4 rings (SSSR count). The second-order valence-corrected chi connectivity index (χ2v) is 6.25. The van der Waals surface area contributed by atoms with Crippen molar-refractivity contribution in [2.45, 2.75) is 32.0 Å². The molecule has 1 aliphatic carbocycles. The molecule has 0 spiro atoms. The van der Waals surface area contributed by atoms with Crippen LogP contribution in [0.25, 0.3) is 17.1 Å². The number of fused-ring (bicyclic) bond motifs is 1. The number of rotatable bonds is 3. The molecule has 134 valence electrons. The second-order valence-electron chi connectivity index (χ2n) is 6.25. The minimum absolute atomic E-state index is 0.267. The lowest BCUT2D eigenvalue weighted by molar-refractivity contribution is -0.274. The quantitative estimate of drug-likeness (QED) is 0.680. The number of halogens is 3. The molecule has 7 heteroatoms. The molecule has 1 heterocycles. The molecule has 0 aliphatic heterocycles. The zero-order valence-electron chi connectivity index (χ0n) is 13.8. The van der Waals surface area contributed by atoms with Crippen LogP contribution in [0.2, 0.25) is 0 Å². The predicted molar refractivity (Wildman–Crippen MR) is 90.1 cm³/mol. The van der Waals surface area contributed by atoms with Gasteiger partial charge in [0.2, 0.25) is 0 Å². The number of nitrogens with zero attached hydrogens (tertiary/aromatic N) is 3. The highest BCUT2D eigenvalue weighted by molar-refractivity contribution is 5.57. The molecule has 26 heavy (non-hydrogen) atoms. The van der Waals surface area contributed by atoms with Crippen molar-refractivity contribution in [3.63, 3.8) is 0 Å². The second kappa shape index (κ2) is 6.48. The lowest BCUT2D eigenvalue weighted by Crippen LogP contribution is -2.17. The zero-order chi connectivity index (χ0) is 18.1. The van der Waals surface area contributed by atoms with Gasteiger partial charge in [0.15, 0.2) is 5.82 Å². The minimum Gasteiger partial charge on any atom is -0.406 e. The molecule has 2 aromatic carbocycles. The summed E-state index contributed by atoms with van der Waals surface area (Å²) in [5.74, 6) is 0.324. The van der Waals surface area contributed by atoms with E-state index in [1.54, 1.807) is 6.33 Å². The van der Waals surface area contributed by atoms with E-state index in [0.29, 0.717) is 11.5 Å². The van der Waals surface area contributed by atoms with E-state index in [0.717, 1.165) is 18.4 Å². The molecule has 1 aliphatic rings. The number of alkyl halides is 3. The van der Waals surface area contributed by atoms with Gasteiger partial charge < -0.3 is 4.74 Å². The van der Waals surface area contributed by atoms with Crippen LogP contribution in [0.15, 0.2) is 48.8 Å². The molecule has 0 radical (unpaired) electrons. The van der Waals surface area contributed by atoms with E-state index >= 15 is 0 Å². The van der Waals surface area contributed by atoms with Gasteiger partial charge in [-0.15, -0.1) is 18.3 Å². The van der Waals surface area contributed by atoms with Crippen molar-refractivity contribution in [3.05, 3.63) is 59.9 Å². The molecule has 0 fully saturated rings. The Kier molecular flexibility index (Phi) is 4.14. The summed E-state index contributed by atoms with van der Waals surface area (Å²) in [7, 11) is 0. The summed E-state index contributed by atoms with van der Waals surface area (Å²) in [6, 6.07) is 11.8. The van der Waals surface area contributed by atoms with Gasteiger partial charge in [-0.3, -0.25) is 0 Å². The van der Waals surface area contributed by atoms with E-state index in [9.17, 15) is 13.2 Å². The number of hydrogen-bond donors (Lipinski definition) is 0. The van der Waals surface area contributed by atoms with Crippen LogP contribution in [-0.4, -0.2) is 21.1 Å². The maximum Gasteiger partial charge on any atom is 0.573 e. The molecule has 0 N–H and O–H groups in total. The molecule has 3 aromatic rings. The Morgan fingerprint density at radius 2 is 1.65 bits per heavy atom. The molecule has 1 aromatic heterocycles. The summed E-state index contributed by atoms with van der Waals surface area (Å²) in [5.41, 5.74) is 4.29. The van der Waals surface area contributed by atoms with Crippen molar-refractivity contribution in [1.82, 2.24) is 14.8 Å². The van der Waals surface area contributed by atoms with Gasteiger partial charge in [-0.2, -0.15) is 0 Å². The first-order chi connectivity index (χ1) is 12.5. The number of hydrogen-bond acceptors (Lipinski definition) is 3. The summed E-state index contributed by atoms with van der Waals surface area (Å²) in [4.78, 5) is 4.33. The van der Waals surface area contributed by atoms with Crippen molar-refractivity contribution >= 4 is 0 Å². The number of aromatic nitrogens is 3. The topological polar surface area (TPSA) is 39.9 Å². The smallest absolute Gasteiger partial charge is 0.406 e. The number of benzene rings is 2. The van der Waals surface area contributed by atoms with Gasteiger partial charge >= 0.3 is 6.36 Å². The van der Waals surface area contributed by atoms with Crippen LogP contribution in [0.1, 0.15) is 24.0 Å². The van der Waals surface area contributed by atoms with Gasteiger partial charge in [-0.25, -0.2) is 9.67 Å². The Labute approximate surface area is 148 Å². The normalized spacial score (nSPS) is 14.1. The lowest BCUT2D eigenvalue weighted by Gasteiger charge is -2.15. The summed E-state index contributed by atoms with van der Waals surface area (Å²) in [6.45, 7) is 0. The third kappa shape index (κ3) is 3.56. The maximum absolute atomic E-state index is 12.2. The fourth-order valence-electron chi connectivity index (χ4n) is 3.19. The first-order valence-electron chi connectivity index (χ1n) is 8.38. The average molecular weight is 359 g/mol. The van der Waals surface area contributed by atoms with Crippen LogP contribution in [0.5, 0.6) is 5.75 Å². The third-order valence-electron chi connectivity index (χ3n) is 4.43. The number of aryl methyl sites for hydroxylation is 2. The highest BCUT2D eigenvalue weighted by Gasteiger charge is 2.31. The summed E-state index contributed by atoms with van der Waals surface area (Å²) >= 11 is 0. The standard InChI is InChI=1S/C19H16F3N3O/c20-19(21,22)26-17-9-7-16(8-10-17)25-12-23-18(24-25)15-6-5-13-3-1-2-4-14(13)11-15/h5-12H,1-4H2. The highest BCUT2D eigenvalue weighted by Crippen LogP contribution is 2.27. The van der Waals surface area contributed by atoms with Crippen molar-refractivity contribution < 1.29 is 17.9 Å². The first kappa shape index (κ1) is 16.6. The van der Waals surface area contributed by atoms with E-state index in [-0.39, 0.29) is 5.75 Å². The molecular weight excluding hydrogens is 343 g/mol. The maximum atomic E-state index is 12.2. The Hall–Kier alpha value is -2.83. The summed E-state index contributed by atoms with van der Waals surface area (Å²) in [6.07, 6.45) is 1.47. The molecule has 4 nitrogen and oxygen atoms in total. The lowest BCUT2D eigenvalue weighted by atomic mass is 9.90. The van der Waals surface area contributed by atoms with Gasteiger partial charge in [-0.05, 0) is 67.1 Å². The van der Waals surface area contributed by atoms with Crippen molar-refractivity contribution in [3.8, 4) is 22.8 Å². The van der Waals surface area contributed by atoms with E-state index in [1.807, 2.05) is 6.07 Å². The van der Waals surface area contributed by atoms with Crippen LogP contribution in [0.3, 0.4) is 0 Å². The fraction of sp³-hybridized carbons (Fsp3) is 0.263. The Balaban J connectivity index is 1.56. The molecule has 0 amide bonds.